The minimum Gasteiger partial charge on any atom is -0.492 e. The number of hydrogen-bond donors (Lipinski definition) is 2. The summed E-state index contributed by atoms with van der Waals surface area (Å²) < 4.78 is 5.34. The van der Waals surface area contributed by atoms with Crippen molar-refractivity contribution in [1.82, 2.24) is 0 Å². The van der Waals surface area contributed by atoms with Gasteiger partial charge in [0, 0.05) is 5.56 Å². The van der Waals surface area contributed by atoms with E-state index in [0.717, 1.165) is 5.56 Å². The van der Waals surface area contributed by atoms with Crippen molar-refractivity contribution in [2.75, 3.05) is 12.3 Å². The van der Waals surface area contributed by atoms with Gasteiger partial charge >= 0.3 is 0 Å². The van der Waals surface area contributed by atoms with Gasteiger partial charge in [0.1, 0.15) is 5.75 Å². The van der Waals surface area contributed by atoms with Gasteiger partial charge in [-0.05, 0) is 19.4 Å². The van der Waals surface area contributed by atoms with Crippen molar-refractivity contribution in [1.29, 1.82) is 0 Å². The summed E-state index contributed by atoms with van der Waals surface area (Å²) in [5, 5.41) is 9.67. The molecule has 1 atom stereocenters. The van der Waals surface area contributed by atoms with E-state index >= 15 is 0 Å². The minimum atomic E-state index is -0.504. The van der Waals surface area contributed by atoms with Crippen LogP contribution in [0.2, 0.25) is 0 Å². The van der Waals surface area contributed by atoms with Crippen LogP contribution in [0.3, 0.4) is 0 Å². The van der Waals surface area contributed by atoms with E-state index in [-0.39, 0.29) is 0 Å². The first-order valence-electron chi connectivity index (χ1n) is 4.89. The molecule has 0 saturated heterocycles. The van der Waals surface area contributed by atoms with E-state index in [9.17, 15) is 5.11 Å². The zero-order chi connectivity index (χ0) is 10.6. The Morgan fingerprint density at radius 1 is 1.43 bits per heavy atom. The molecule has 3 N–H and O–H groups in total. The van der Waals surface area contributed by atoms with Crippen LogP contribution in [0.4, 0.5) is 5.69 Å². The van der Waals surface area contributed by atoms with E-state index in [1.54, 1.807) is 0 Å². The highest BCUT2D eigenvalue weighted by Crippen LogP contribution is 2.30. The lowest BCUT2D eigenvalue weighted by molar-refractivity contribution is 0.174. The number of anilines is 1. The van der Waals surface area contributed by atoms with Gasteiger partial charge in [-0.3, -0.25) is 0 Å². The van der Waals surface area contributed by atoms with Crippen molar-refractivity contribution in [3.8, 4) is 5.75 Å². The second-order valence-electron chi connectivity index (χ2n) is 3.12. The molecule has 0 heterocycles. The van der Waals surface area contributed by atoms with Crippen molar-refractivity contribution in [3.63, 3.8) is 0 Å². The molecule has 0 bridgehead atoms. The Labute approximate surface area is 84.5 Å². The Morgan fingerprint density at radius 2 is 2.14 bits per heavy atom. The Balaban J connectivity index is 3.00. The first-order valence-corrected chi connectivity index (χ1v) is 4.89. The Hall–Kier alpha value is -1.22. The maximum atomic E-state index is 9.67. The monoisotopic (exact) mass is 195 g/mol. The molecule has 0 aromatic heterocycles. The molecule has 0 saturated carbocycles. The molecule has 0 spiro atoms. The van der Waals surface area contributed by atoms with E-state index < -0.39 is 6.10 Å². The number of hydrogen-bond acceptors (Lipinski definition) is 3. The molecule has 0 aliphatic heterocycles. The number of para-hydroxylation sites is 1. The molecule has 1 aromatic carbocycles. The Morgan fingerprint density at radius 3 is 2.71 bits per heavy atom. The van der Waals surface area contributed by atoms with Gasteiger partial charge < -0.3 is 15.6 Å². The fourth-order valence-electron chi connectivity index (χ4n) is 1.35. The van der Waals surface area contributed by atoms with Crippen LogP contribution in [0.15, 0.2) is 18.2 Å². The highest BCUT2D eigenvalue weighted by Gasteiger charge is 2.11. The molecule has 0 aliphatic rings. The van der Waals surface area contributed by atoms with E-state index in [4.69, 9.17) is 10.5 Å². The zero-order valence-electron chi connectivity index (χ0n) is 8.66. The number of aliphatic hydroxyl groups is 1. The quantitative estimate of drug-likeness (QED) is 0.723. The molecule has 0 aliphatic carbocycles. The van der Waals surface area contributed by atoms with Crippen LogP contribution in [0.5, 0.6) is 5.75 Å². The summed E-state index contributed by atoms with van der Waals surface area (Å²) in [6.07, 6.45) is 0.148. The molecule has 3 nitrogen and oxygen atoms in total. The molecule has 3 heteroatoms. The third-order valence-corrected chi connectivity index (χ3v) is 2.15. The van der Waals surface area contributed by atoms with Crippen LogP contribution in [-0.4, -0.2) is 11.7 Å². The third kappa shape index (κ3) is 2.17. The van der Waals surface area contributed by atoms with Crippen LogP contribution in [0, 0.1) is 0 Å². The maximum Gasteiger partial charge on any atom is 0.142 e. The van der Waals surface area contributed by atoms with E-state index in [1.807, 2.05) is 32.0 Å². The summed E-state index contributed by atoms with van der Waals surface area (Å²) in [5.74, 6) is 0.650. The van der Waals surface area contributed by atoms with Crippen molar-refractivity contribution < 1.29 is 9.84 Å². The van der Waals surface area contributed by atoms with Crippen molar-refractivity contribution in [2.45, 2.75) is 26.4 Å². The van der Waals surface area contributed by atoms with E-state index in [2.05, 4.69) is 0 Å². The number of benzene rings is 1. The lowest BCUT2D eigenvalue weighted by Gasteiger charge is -2.14. The Kier molecular flexibility index (Phi) is 3.77. The van der Waals surface area contributed by atoms with E-state index in [1.165, 1.54) is 0 Å². The lowest BCUT2D eigenvalue weighted by atomic mass is 10.0. The van der Waals surface area contributed by atoms with Crippen molar-refractivity contribution in [2.24, 2.45) is 0 Å². The van der Waals surface area contributed by atoms with Gasteiger partial charge in [0.05, 0.1) is 18.4 Å². The standard InChI is InChI=1S/C11H17NO2/c1-3-9(13)8-6-5-7-10(11(8)12)14-4-2/h5-7,9,13H,3-4,12H2,1-2H3. The fourth-order valence-corrected chi connectivity index (χ4v) is 1.35. The topological polar surface area (TPSA) is 55.5 Å². The molecular formula is C11H17NO2. The normalized spacial score (nSPS) is 12.5. The smallest absolute Gasteiger partial charge is 0.142 e. The average molecular weight is 195 g/mol. The number of aliphatic hydroxyl groups excluding tert-OH is 1. The predicted molar refractivity (Wildman–Crippen MR) is 57.3 cm³/mol. The first kappa shape index (κ1) is 10.9. The second-order valence-corrected chi connectivity index (χ2v) is 3.12. The largest absolute Gasteiger partial charge is 0.492 e. The third-order valence-electron chi connectivity index (χ3n) is 2.15. The Bertz CT molecular complexity index is 299. The van der Waals surface area contributed by atoms with Crippen LogP contribution >= 0.6 is 0 Å². The van der Waals surface area contributed by atoms with Gasteiger partial charge in [0.15, 0.2) is 0 Å². The number of nitrogens with two attached hydrogens (primary N) is 1. The van der Waals surface area contributed by atoms with Crippen molar-refractivity contribution >= 4 is 5.69 Å². The molecule has 1 aromatic rings. The van der Waals surface area contributed by atoms with Gasteiger partial charge in [-0.15, -0.1) is 0 Å². The number of nitrogen functional groups attached to an aromatic ring is 1. The predicted octanol–water partition coefficient (Wildman–Crippen LogP) is 2.11. The second kappa shape index (κ2) is 4.86. The van der Waals surface area contributed by atoms with Crippen molar-refractivity contribution in [3.05, 3.63) is 23.8 Å². The molecular weight excluding hydrogens is 178 g/mol. The zero-order valence-corrected chi connectivity index (χ0v) is 8.66. The van der Waals surface area contributed by atoms with Gasteiger partial charge in [-0.1, -0.05) is 19.1 Å². The van der Waals surface area contributed by atoms with Crippen LogP contribution < -0.4 is 10.5 Å². The molecule has 0 radical (unpaired) electrons. The molecule has 1 unspecified atom stereocenters. The van der Waals surface area contributed by atoms with Crippen LogP contribution in [0.25, 0.3) is 0 Å². The summed E-state index contributed by atoms with van der Waals surface area (Å²) in [6.45, 7) is 4.40. The maximum absolute atomic E-state index is 9.67. The summed E-state index contributed by atoms with van der Waals surface area (Å²) in [5.41, 5.74) is 7.15. The molecule has 0 amide bonds. The summed E-state index contributed by atoms with van der Waals surface area (Å²) in [4.78, 5) is 0. The first-order chi connectivity index (χ1) is 6.70. The summed E-state index contributed by atoms with van der Waals surface area (Å²) in [6, 6.07) is 5.48. The number of ether oxygens (including phenoxy) is 1. The fraction of sp³-hybridized carbons (Fsp3) is 0.455. The van der Waals surface area contributed by atoms with Crippen LogP contribution in [0.1, 0.15) is 31.9 Å². The molecule has 78 valence electrons. The highest BCUT2D eigenvalue weighted by molar-refractivity contribution is 5.59. The van der Waals surface area contributed by atoms with Gasteiger partial charge in [-0.2, -0.15) is 0 Å². The molecule has 1 rings (SSSR count). The van der Waals surface area contributed by atoms with Gasteiger partial charge in [-0.25, -0.2) is 0 Å². The highest BCUT2D eigenvalue weighted by atomic mass is 16.5. The van der Waals surface area contributed by atoms with Gasteiger partial charge in [0.25, 0.3) is 0 Å². The number of rotatable bonds is 4. The minimum absolute atomic E-state index is 0.504. The SMILES string of the molecule is CCOc1cccc(C(O)CC)c1N. The molecule has 14 heavy (non-hydrogen) atoms. The average Bonchev–Trinajstić information content (AvgIpc) is 2.20. The summed E-state index contributed by atoms with van der Waals surface area (Å²) in [7, 11) is 0. The molecule has 0 fully saturated rings. The lowest BCUT2D eigenvalue weighted by Crippen LogP contribution is -2.04. The van der Waals surface area contributed by atoms with E-state index in [0.29, 0.717) is 24.5 Å². The van der Waals surface area contributed by atoms with Crippen LogP contribution in [-0.2, 0) is 0 Å². The van der Waals surface area contributed by atoms with Gasteiger partial charge in [0.2, 0.25) is 0 Å². The summed E-state index contributed by atoms with van der Waals surface area (Å²) >= 11 is 0.